The molecule has 7 heteroatoms. The molecule has 2 aromatic carbocycles. The number of hydrogen-bond acceptors (Lipinski definition) is 5. The highest BCUT2D eigenvalue weighted by molar-refractivity contribution is 9.10. The summed E-state index contributed by atoms with van der Waals surface area (Å²) in [6.45, 7) is 10.00. The molecule has 1 aliphatic rings. The molecule has 0 aliphatic carbocycles. The minimum atomic E-state index is 0.758. The van der Waals surface area contributed by atoms with Gasteiger partial charge in [0.05, 0.1) is 5.39 Å². The van der Waals surface area contributed by atoms with Crippen molar-refractivity contribution in [2.45, 2.75) is 19.8 Å². The van der Waals surface area contributed by atoms with Crippen molar-refractivity contribution in [3.05, 3.63) is 71.4 Å². The largest absolute Gasteiger partial charge is 0.368 e. The molecular weight excluding hydrogens is 464 g/mol. The third-order valence-corrected chi connectivity index (χ3v) is 6.83. The SMILES string of the molecule is [CH2]CCc1cc(-c2ccccc2)cc(N2CCN(c3ncnc4[nH]nc(Br)c34)CC2)c1C. The molecule has 0 unspecified atom stereocenters. The van der Waals surface area contributed by atoms with Gasteiger partial charge in [-0.2, -0.15) is 5.10 Å². The Balaban J connectivity index is 1.44. The second-order valence-electron chi connectivity index (χ2n) is 8.16. The van der Waals surface area contributed by atoms with Crippen molar-refractivity contribution < 1.29 is 0 Å². The third kappa shape index (κ3) is 3.86. The molecule has 6 nitrogen and oxygen atoms in total. The van der Waals surface area contributed by atoms with E-state index in [0.717, 1.165) is 60.5 Å². The summed E-state index contributed by atoms with van der Waals surface area (Å²) in [6.07, 6.45) is 3.50. The van der Waals surface area contributed by atoms with Gasteiger partial charge in [0.25, 0.3) is 0 Å². The highest BCUT2D eigenvalue weighted by Gasteiger charge is 2.24. The van der Waals surface area contributed by atoms with Gasteiger partial charge in [0.15, 0.2) is 5.65 Å². The zero-order valence-electron chi connectivity index (χ0n) is 18.2. The lowest BCUT2D eigenvalue weighted by molar-refractivity contribution is 0.647. The summed E-state index contributed by atoms with van der Waals surface area (Å²) in [5.41, 5.74) is 7.37. The first-order valence-electron chi connectivity index (χ1n) is 11.0. The molecule has 1 aliphatic heterocycles. The van der Waals surface area contributed by atoms with Gasteiger partial charge in [-0.1, -0.05) is 43.3 Å². The molecule has 0 amide bonds. The number of H-pyrrole nitrogens is 1. The second-order valence-corrected chi connectivity index (χ2v) is 8.91. The van der Waals surface area contributed by atoms with E-state index >= 15 is 0 Å². The number of rotatable bonds is 5. The fourth-order valence-corrected chi connectivity index (χ4v) is 5.00. The molecular formula is C25H26BrN6. The third-order valence-electron chi connectivity index (χ3n) is 6.25. The second kappa shape index (κ2) is 8.90. The molecule has 0 bridgehead atoms. The number of hydrogen-bond donors (Lipinski definition) is 1. The summed E-state index contributed by atoms with van der Waals surface area (Å²) in [7, 11) is 0. The first-order valence-corrected chi connectivity index (χ1v) is 11.8. The molecule has 5 rings (SSSR count). The normalized spacial score (nSPS) is 14.3. The van der Waals surface area contributed by atoms with Crippen molar-refractivity contribution in [1.29, 1.82) is 0 Å². The maximum atomic E-state index is 4.57. The number of fused-ring (bicyclic) bond motifs is 1. The van der Waals surface area contributed by atoms with Crippen LogP contribution in [0.4, 0.5) is 11.5 Å². The van der Waals surface area contributed by atoms with E-state index < -0.39 is 0 Å². The van der Waals surface area contributed by atoms with E-state index in [9.17, 15) is 0 Å². The van der Waals surface area contributed by atoms with Crippen LogP contribution in [0, 0.1) is 13.8 Å². The number of piperazine rings is 1. The highest BCUT2D eigenvalue weighted by Crippen LogP contribution is 2.34. The molecule has 0 saturated carbocycles. The fraction of sp³-hybridized carbons (Fsp3) is 0.280. The van der Waals surface area contributed by atoms with Crippen LogP contribution in [0.25, 0.3) is 22.2 Å². The van der Waals surface area contributed by atoms with Gasteiger partial charge < -0.3 is 9.80 Å². The highest BCUT2D eigenvalue weighted by atomic mass is 79.9. The lowest BCUT2D eigenvalue weighted by atomic mass is 9.95. The zero-order chi connectivity index (χ0) is 22.1. The van der Waals surface area contributed by atoms with Gasteiger partial charge in [0.1, 0.15) is 16.7 Å². The van der Waals surface area contributed by atoms with Crippen LogP contribution in [0.15, 0.2) is 53.4 Å². The van der Waals surface area contributed by atoms with E-state index in [4.69, 9.17) is 0 Å². The predicted molar refractivity (Wildman–Crippen MR) is 134 cm³/mol. The molecule has 163 valence electrons. The van der Waals surface area contributed by atoms with Gasteiger partial charge >= 0.3 is 0 Å². The van der Waals surface area contributed by atoms with Crippen molar-refractivity contribution in [2.75, 3.05) is 36.0 Å². The Morgan fingerprint density at radius 3 is 2.50 bits per heavy atom. The minimum absolute atomic E-state index is 0.758. The van der Waals surface area contributed by atoms with E-state index in [1.165, 1.54) is 27.9 Å². The van der Waals surface area contributed by atoms with Crippen LogP contribution in [-0.4, -0.2) is 46.3 Å². The topological polar surface area (TPSA) is 60.9 Å². The number of aromatic nitrogens is 4. The molecule has 4 aromatic rings. The number of halogens is 1. The Morgan fingerprint density at radius 2 is 1.75 bits per heavy atom. The van der Waals surface area contributed by atoms with Crippen molar-refractivity contribution in [1.82, 2.24) is 20.2 Å². The van der Waals surface area contributed by atoms with Gasteiger partial charge in [-0.25, -0.2) is 9.97 Å². The average molecular weight is 490 g/mol. The number of nitrogens with zero attached hydrogens (tertiary/aromatic N) is 5. The quantitative estimate of drug-likeness (QED) is 0.418. The Hall–Kier alpha value is -2.93. The molecule has 32 heavy (non-hydrogen) atoms. The van der Waals surface area contributed by atoms with E-state index in [1.807, 2.05) is 0 Å². The molecule has 1 saturated heterocycles. The summed E-state index contributed by atoms with van der Waals surface area (Å²) >= 11 is 3.53. The molecule has 2 aromatic heterocycles. The molecule has 3 heterocycles. The van der Waals surface area contributed by atoms with E-state index in [2.05, 4.69) is 102 Å². The van der Waals surface area contributed by atoms with Gasteiger partial charge in [-0.05, 0) is 64.0 Å². The van der Waals surface area contributed by atoms with Gasteiger partial charge in [0, 0.05) is 31.9 Å². The standard InChI is InChI=1S/C25H26BrN6/c1-3-7-19-14-20(18-8-5-4-6-9-18)15-21(17(19)2)31-10-12-32(13-11-31)25-22-23(26)29-30-24(22)27-16-28-25/h4-6,8-9,14-16H,1,3,7,10-13H2,2H3,(H,27,28,29,30). The monoisotopic (exact) mass is 489 g/mol. The summed E-state index contributed by atoms with van der Waals surface area (Å²) in [5, 5.41) is 8.14. The number of aryl methyl sites for hydroxylation is 1. The van der Waals surface area contributed by atoms with Crippen molar-refractivity contribution in [2.24, 2.45) is 0 Å². The van der Waals surface area contributed by atoms with Crippen molar-refractivity contribution >= 4 is 38.5 Å². The first kappa shape index (κ1) is 20.9. The minimum Gasteiger partial charge on any atom is -0.368 e. The maximum absolute atomic E-state index is 4.57. The van der Waals surface area contributed by atoms with Crippen LogP contribution in [0.3, 0.4) is 0 Å². The van der Waals surface area contributed by atoms with E-state index in [1.54, 1.807) is 6.33 Å². The molecule has 0 atom stereocenters. The number of benzene rings is 2. The average Bonchev–Trinajstić information content (AvgIpc) is 3.22. The van der Waals surface area contributed by atoms with Gasteiger partial charge in [-0.3, -0.25) is 5.10 Å². The Labute approximate surface area is 196 Å². The predicted octanol–water partition coefficient (Wildman–Crippen LogP) is 5.18. The molecule has 1 fully saturated rings. The van der Waals surface area contributed by atoms with Crippen molar-refractivity contribution in [3.63, 3.8) is 0 Å². The molecule has 1 radical (unpaired) electrons. The molecule has 1 N–H and O–H groups in total. The van der Waals surface area contributed by atoms with Crippen LogP contribution in [0.2, 0.25) is 0 Å². The van der Waals surface area contributed by atoms with Gasteiger partial charge in [-0.15, -0.1) is 0 Å². The zero-order valence-corrected chi connectivity index (χ0v) is 19.8. The summed E-state index contributed by atoms with van der Waals surface area (Å²) in [5.74, 6) is 0.933. The Morgan fingerprint density at radius 1 is 1.00 bits per heavy atom. The lowest BCUT2D eigenvalue weighted by Crippen LogP contribution is -2.47. The van der Waals surface area contributed by atoms with Gasteiger partial charge in [0.2, 0.25) is 0 Å². The number of anilines is 2. The van der Waals surface area contributed by atoms with Crippen molar-refractivity contribution in [3.8, 4) is 11.1 Å². The summed E-state index contributed by atoms with van der Waals surface area (Å²) < 4.78 is 0.759. The lowest BCUT2D eigenvalue weighted by Gasteiger charge is -2.38. The van der Waals surface area contributed by atoms with Crippen LogP contribution in [0.1, 0.15) is 17.5 Å². The van der Waals surface area contributed by atoms with Crippen LogP contribution >= 0.6 is 15.9 Å². The molecule has 0 spiro atoms. The smallest absolute Gasteiger partial charge is 0.161 e. The Kier molecular flexibility index (Phi) is 5.83. The summed E-state index contributed by atoms with van der Waals surface area (Å²) in [6, 6.07) is 15.3. The fourth-order valence-electron chi connectivity index (χ4n) is 4.54. The van der Waals surface area contributed by atoms with Crippen LogP contribution in [0.5, 0.6) is 0 Å². The van der Waals surface area contributed by atoms with Crippen LogP contribution in [-0.2, 0) is 6.42 Å². The number of aromatic amines is 1. The van der Waals surface area contributed by atoms with E-state index in [0.29, 0.717) is 0 Å². The number of nitrogens with one attached hydrogen (secondary N) is 1. The maximum Gasteiger partial charge on any atom is 0.161 e. The first-order chi connectivity index (χ1) is 15.7. The van der Waals surface area contributed by atoms with E-state index in [-0.39, 0.29) is 0 Å². The van der Waals surface area contributed by atoms with Crippen LogP contribution < -0.4 is 9.80 Å². The Bertz CT molecular complexity index is 1230. The summed E-state index contributed by atoms with van der Waals surface area (Å²) in [4.78, 5) is 13.7.